The number of nitriles is 3. The lowest BCUT2D eigenvalue weighted by atomic mass is 10.2. The second-order valence-electron chi connectivity index (χ2n) is 9.70. The highest BCUT2D eigenvalue weighted by Gasteiger charge is 2.15. The van der Waals surface area contributed by atoms with Gasteiger partial charge in [-0.15, -0.1) is 68.0 Å². The third-order valence-corrected chi connectivity index (χ3v) is 13.9. The van der Waals surface area contributed by atoms with E-state index in [0.717, 1.165) is 19.5 Å². The lowest BCUT2D eigenvalue weighted by Gasteiger charge is -1.96. The zero-order chi connectivity index (χ0) is 30.1. The summed E-state index contributed by atoms with van der Waals surface area (Å²) >= 11 is 9.99. The third-order valence-electron chi connectivity index (χ3n) is 6.63. The molecule has 0 aliphatic heterocycles. The van der Waals surface area contributed by atoms with E-state index >= 15 is 0 Å². The Morgan fingerprint density at radius 3 is 1.58 bits per heavy atom. The third kappa shape index (κ3) is 6.13. The molecule has 3 nitrogen and oxygen atoms in total. The summed E-state index contributed by atoms with van der Waals surface area (Å²) in [6.45, 7) is 6.39. The van der Waals surface area contributed by atoms with E-state index in [1.165, 1.54) is 73.5 Å². The molecule has 0 aliphatic rings. The lowest BCUT2D eigenvalue weighted by Crippen LogP contribution is -1.73. The van der Waals surface area contributed by atoms with E-state index in [1.54, 1.807) is 40.1 Å². The van der Waals surface area contributed by atoms with Crippen molar-refractivity contribution in [2.24, 2.45) is 0 Å². The number of allylic oxidation sites excluding steroid dienone is 2. The van der Waals surface area contributed by atoms with Crippen molar-refractivity contribution in [3.05, 3.63) is 101 Å². The molecule has 0 aliphatic carbocycles. The molecular weight excluding hydrogens is 643 g/mol. The topological polar surface area (TPSA) is 71.4 Å². The number of aryl methyl sites for hydroxylation is 2. The fourth-order valence-electron chi connectivity index (χ4n) is 4.57. The molecule has 0 aromatic carbocycles. The molecule has 0 unspecified atom stereocenters. The van der Waals surface area contributed by atoms with Crippen LogP contribution in [0.5, 0.6) is 0 Å². The average Bonchev–Trinajstić information content (AvgIpc) is 3.84. The first-order chi connectivity index (χ1) is 20.8. The zero-order valence-electron chi connectivity index (χ0n) is 23.2. The standard InChI is InChI=1S/C34H21N3S6/c1-19(27-6-4-23(17-36)38-27)12-25-13-20(2)33(40-25)31-10-8-29(42-31)30-9-11-32(43-30)34-21(3)14-26(41-34)15-22(16-35)28-7-5-24(18-37)39-28/h4-15H,1-3H3/b19-12+,22-15+. The number of thiophene rings is 6. The Labute approximate surface area is 274 Å². The van der Waals surface area contributed by atoms with Gasteiger partial charge < -0.3 is 0 Å². The SMILES string of the molecule is C/C(=C\c1cc(C)c(-c2ccc(-c3ccc(-c4sc(/C=C(\C#N)c5ccc(C#N)s5)cc4C)s3)s2)s1)c1ccc(C#N)s1. The van der Waals surface area contributed by atoms with Crippen LogP contribution in [-0.2, 0) is 0 Å². The molecule has 0 N–H and O–H groups in total. The molecule has 0 atom stereocenters. The summed E-state index contributed by atoms with van der Waals surface area (Å²) in [4.78, 5) is 13.0. The van der Waals surface area contributed by atoms with Crippen molar-refractivity contribution in [1.82, 2.24) is 0 Å². The molecule has 43 heavy (non-hydrogen) atoms. The van der Waals surface area contributed by atoms with Gasteiger partial charge in [-0.05, 0) is 110 Å². The Balaban J connectivity index is 1.22. The van der Waals surface area contributed by atoms with Crippen LogP contribution >= 0.6 is 68.0 Å². The van der Waals surface area contributed by atoms with Crippen molar-refractivity contribution in [3.8, 4) is 47.5 Å². The summed E-state index contributed by atoms with van der Waals surface area (Å²) in [5, 5.41) is 28.0. The summed E-state index contributed by atoms with van der Waals surface area (Å²) in [5.74, 6) is 0. The van der Waals surface area contributed by atoms with Crippen LogP contribution in [0.2, 0.25) is 0 Å². The predicted octanol–water partition coefficient (Wildman–Crippen LogP) is 12.0. The van der Waals surface area contributed by atoms with Crippen LogP contribution in [0.15, 0.2) is 60.7 Å². The van der Waals surface area contributed by atoms with Crippen molar-refractivity contribution in [3.63, 3.8) is 0 Å². The number of rotatable bonds is 7. The molecule has 6 heterocycles. The van der Waals surface area contributed by atoms with Crippen LogP contribution in [0.25, 0.3) is 52.6 Å². The van der Waals surface area contributed by atoms with Gasteiger partial charge in [0.15, 0.2) is 0 Å². The molecule has 0 saturated heterocycles. The Kier molecular flexibility index (Phi) is 8.43. The maximum Gasteiger partial charge on any atom is 0.110 e. The van der Waals surface area contributed by atoms with Gasteiger partial charge in [0.1, 0.15) is 28.0 Å². The van der Waals surface area contributed by atoms with Crippen molar-refractivity contribution in [2.75, 3.05) is 0 Å². The maximum absolute atomic E-state index is 9.75. The van der Waals surface area contributed by atoms with E-state index in [-0.39, 0.29) is 0 Å². The smallest absolute Gasteiger partial charge is 0.110 e. The lowest BCUT2D eigenvalue weighted by molar-refractivity contribution is 1.52. The highest BCUT2D eigenvalue weighted by molar-refractivity contribution is 7.28. The zero-order valence-corrected chi connectivity index (χ0v) is 28.1. The molecule has 0 radical (unpaired) electrons. The van der Waals surface area contributed by atoms with Crippen molar-refractivity contribution >= 4 is 91.3 Å². The predicted molar refractivity (Wildman–Crippen MR) is 189 cm³/mol. The summed E-state index contributed by atoms with van der Waals surface area (Å²) in [5.41, 5.74) is 4.21. The van der Waals surface area contributed by atoms with E-state index in [2.05, 4.69) is 81.5 Å². The average molecular weight is 664 g/mol. The van der Waals surface area contributed by atoms with Crippen LogP contribution in [0, 0.1) is 47.8 Å². The van der Waals surface area contributed by atoms with Crippen LogP contribution in [-0.4, -0.2) is 0 Å². The van der Waals surface area contributed by atoms with Gasteiger partial charge in [-0.3, -0.25) is 0 Å². The summed E-state index contributed by atoms with van der Waals surface area (Å²) in [6, 6.07) is 27.4. The number of hydrogen-bond acceptors (Lipinski definition) is 9. The summed E-state index contributed by atoms with van der Waals surface area (Å²) in [7, 11) is 0. The largest absolute Gasteiger partial charge is 0.192 e. The van der Waals surface area contributed by atoms with E-state index in [9.17, 15) is 5.26 Å². The highest BCUT2D eigenvalue weighted by atomic mass is 32.1. The van der Waals surface area contributed by atoms with Crippen LogP contribution in [0.4, 0.5) is 0 Å². The van der Waals surface area contributed by atoms with Gasteiger partial charge in [-0.25, -0.2) is 0 Å². The first-order valence-corrected chi connectivity index (χ1v) is 18.0. The van der Waals surface area contributed by atoms with Crippen molar-refractivity contribution in [2.45, 2.75) is 20.8 Å². The van der Waals surface area contributed by atoms with E-state index < -0.39 is 0 Å². The van der Waals surface area contributed by atoms with Gasteiger partial charge in [0, 0.05) is 48.8 Å². The van der Waals surface area contributed by atoms with Gasteiger partial charge in [-0.1, -0.05) is 0 Å². The quantitative estimate of drug-likeness (QED) is 0.160. The molecule has 9 heteroatoms. The van der Waals surface area contributed by atoms with Crippen molar-refractivity contribution in [1.29, 1.82) is 15.8 Å². The van der Waals surface area contributed by atoms with Crippen molar-refractivity contribution < 1.29 is 0 Å². The summed E-state index contributed by atoms with van der Waals surface area (Å²) in [6.07, 6.45) is 4.14. The van der Waals surface area contributed by atoms with Crippen LogP contribution in [0.1, 0.15) is 47.3 Å². The Bertz CT molecular complexity index is 2160. The van der Waals surface area contributed by atoms with Gasteiger partial charge in [0.05, 0.1) is 5.57 Å². The normalized spacial score (nSPS) is 11.8. The molecule has 0 amide bonds. The monoisotopic (exact) mass is 663 g/mol. The molecule has 0 spiro atoms. The first-order valence-electron chi connectivity index (χ1n) is 13.1. The number of nitrogens with zero attached hydrogens (tertiary/aromatic N) is 3. The molecule has 6 aromatic heterocycles. The maximum atomic E-state index is 9.75. The molecule has 0 fully saturated rings. The van der Waals surface area contributed by atoms with Gasteiger partial charge >= 0.3 is 0 Å². The molecule has 208 valence electrons. The Morgan fingerprint density at radius 1 is 0.581 bits per heavy atom. The van der Waals surface area contributed by atoms with Gasteiger partial charge in [0.25, 0.3) is 0 Å². The fraction of sp³-hybridized carbons (Fsp3) is 0.0882. The minimum absolute atomic E-state index is 0.578. The molecule has 6 aromatic rings. The second kappa shape index (κ2) is 12.4. The van der Waals surface area contributed by atoms with E-state index in [4.69, 9.17) is 10.5 Å². The van der Waals surface area contributed by atoms with Gasteiger partial charge in [-0.2, -0.15) is 15.8 Å². The molecular formula is C34H21N3S6. The van der Waals surface area contributed by atoms with E-state index in [0.29, 0.717) is 10.5 Å². The molecule has 6 rings (SSSR count). The van der Waals surface area contributed by atoms with E-state index in [1.807, 2.05) is 35.6 Å². The molecule has 0 bridgehead atoms. The minimum atomic E-state index is 0.578. The molecule has 0 saturated carbocycles. The second-order valence-corrected chi connectivity index (χ2v) is 16.2. The first kappa shape index (κ1) is 29.2. The number of hydrogen-bond donors (Lipinski definition) is 0. The van der Waals surface area contributed by atoms with Crippen LogP contribution < -0.4 is 0 Å². The minimum Gasteiger partial charge on any atom is -0.192 e. The van der Waals surface area contributed by atoms with Gasteiger partial charge in [0.2, 0.25) is 0 Å². The Morgan fingerprint density at radius 2 is 1.07 bits per heavy atom. The van der Waals surface area contributed by atoms with Crippen LogP contribution in [0.3, 0.4) is 0 Å². The fourth-order valence-corrected chi connectivity index (χ4v) is 10.9. The summed E-state index contributed by atoms with van der Waals surface area (Å²) < 4.78 is 0. The Hall–Kier alpha value is -3.85. The highest BCUT2D eigenvalue weighted by Crippen LogP contribution is 2.45.